The molecule has 0 spiro atoms. The van der Waals surface area contributed by atoms with Gasteiger partial charge in [-0.1, -0.05) is 13.8 Å². The van der Waals surface area contributed by atoms with E-state index in [4.69, 9.17) is 0 Å². The first-order chi connectivity index (χ1) is 9.20. The summed E-state index contributed by atoms with van der Waals surface area (Å²) < 4.78 is 0. The molecule has 0 amide bonds. The number of nitrogens with one attached hydrogen (secondary N) is 1. The van der Waals surface area contributed by atoms with Crippen molar-refractivity contribution in [2.45, 2.75) is 45.0 Å². The van der Waals surface area contributed by atoms with Crippen LogP contribution in [0.5, 0.6) is 0 Å². The topological polar surface area (TPSA) is 28.2 Å². The summed E-state index contributed by atoms with van der Waals surface area (Å²) in [7, 11) is 0. The summed E-state index contributed by atoms with van der Waals surface area (Å²) in [5, 5.41) is 4.15. The van der Waals surface area contributed by atoms with E-state index in [1.807, 2.05) is 6.20 Å². The molecule has 2 rings (SSSR count). The molecule has 1 aliphatic heterocycles. The molecule has 0 saturated carbocycles. The summed E-state index contributed by atoms with van der Waals surface area (Å²) in [4.78, 5) is 7.06. The Bertz CT molecular complexity index is 397. The highest BCUT2D eigenvalue weighted by Gasteiger charge is 2.25. The molecule has 2 unspecified atom stereocenters. The number of rotatable bonds is 5. The Kier molecular flexibility index (Phi) is 5.52. The predicted molar refractivity (Wildman–Crippen MR) is 84.8 cm³/mol. The van der Waals surface area contributed by atoms with Crippen LogP contribution < -0.4 is 5.32 Å². The van der Waals surface area contributed by atoms with Crippen molar-refractivity contribution in [2.75, 3.05) is 24.2 Å². The van der Waals surface area contributed by atoms with Crippen molar-refractivity contribution in [1.29, 1.82) is 0 Å². The van der Waals surface area contributed by atoms with Crippen LogP contribution in [0.3, 0.4) is 0 Å². The summed E-state index contributed by atoms with van der Waals surface area (Å²) in [6.45, 7) is 10.0. The molecule has 2 atom stereocenters. The average Bonchev–Trinajstić information content (AvgIpc) is 2.42. The largest absolute Gasteiger partial charge is 0.385 e. The van der Waals surface area contributed by atoms with Gasteiger partial charge < -0.3 is 5.32 Å². The summed E-state index contributed by atoms with van der Waals surface area (Å²) in [6, 6.07) is 4.87. The number of nitrogens with zero attached hydrogens (tertiary/aromatic N) is 2. The average molecular weight is 279 g/mol. The number of anilines is 1. The fraction of sp³-hybridized carbons (Fsp3) is 0.667. The molecule has 106 valence electrons. The van der Waals surface area contributed by atoms with E-state index in [9.17, 15) is 0 Å². The number of aromatic nitrogens is 1. The molecule has 2 heterocycles. The minimum Gasteiger partial charge on any atom is -0.385 e. The lowest BCUT2D eigenvalue weighted by molar-refractivity contribution is 0.202. The van der Waals surface area contributed by atoms with Crippen molar-refractivity contribution in [3.63, 3.8) is 0 Å². The van der Waals surface area contributed by atoms with Gasteiger partial charge in [0.2, 0.25) is 0 Å². The summed E-state index contributed by atoms with van der Waals surface area (Å²) >= 11 is 2.08. The lowest BCUT2D eigenvalue weighted by atomic mass is 10.2. The summed E-state index contributed by atoms with van der Waals surface area (Å²) in [5.41, 5.74) is 2.37. The van der Waals surface area contributed by atoms with Crippen LogP contribution in [-0.2, 0) is 6.54 Å². The molecule has 1 aliphatic rings. The first kappa shape index (κ1) is 14.7. The van der Waals surface area contributed by atoms with Gasteiger partial charge in [-0.25, -0.2) is 0 Å². The van der Waals surface area contributed by atoms with Crippen LogP contribution in [0.2, 0.25) is 0 Å². The first-order valence-corrected chi connectivity index (χ1v) is 8.30. The normalized spacial score (nSPS) is 24.4. The van der Waals surface area contributed by atoms with Crippen molar-refractivity contribution in [3.05, 3.63) is 24.0 Å². The Labute approximate surface area is 121 Å². The van der Waals surface area contributed by atoms with Crippen molar-refractivity contribution in [3.8, 4) is 0 Å². The van der Waals surface area contributed by atoms with Gasteiger partial charge in [0, 0.05) is 48.6 Å². The quantitative estimate of drug-likeness (QED) is 0.895. The van der Waals surface area contributed by atoms with Crippen LogP contribution in [0, 0.1) is 0 Å². The van der Waals surface area contributed by atoms with Crippen LogP contribution in [0.15, 0.2) is 18.3 Å². The van der Waals surface area contributed by atoms with Gasteiger partial charge >= 0.3 is 0 Å². The van der Waals surface area contributed by atoms with Gasteiger partial charge in [0.25, 0.3) is 0 Å². The molecule has 0 bridgehead atoms. The predicted octanol–water partition coefficient (Wildman–Crippen LogP) is 3.23. The lowest BCUT2D eigenvalue weighted by Crippen LogP contribution is -2.44. The van der Waals surface area contributed by atoms with Crippen LogP contribution in [-0.4, -0.2) is 40.0 Å². The minimum atomic E-state index is 0.632. The second-order valence-corrected chi connectivity index (χ2v) is 6.73. The maximum atomic E-state index is 4.51. The van der Waals surface area contributed by atoms with Gasteiger partial charge in [-0.2, -0.15) is 11.8 Å². The van der Waals surface area contributed by atoms with Crippen molar-refractivity contribution in [1.82, 2.24) is 9.88 Å². The van der Waals surface area contributed by atoms with Gasteiger partial charge in [0.1, 0.15) is 0 Å². The Hall–Kier alpha value is -0.740. The zero-order valence-electron chi connectivity index (χ0n) is 12.2. The second kappa shape index (κ2) is 7.15. The van der Waals surface area contributed by atoms with Gasteiger partial charge in [-0.15, -0.1) is 0 Å². The summed E-state index contributed by atoms with van der Waals surface area (Å²) in [6.07, 6.45) is 3.07. The van der Waals surface area contributed by atoms with E-state index in [0.29, 0.717) is 6.04 Å². The molecule has 1 saturated heterocycles. The van der Waals surface area contributed by atoms with Crippen LogP contribution >= 0.6 is 11.8 Å². The molecule has 0 aliphatic carbocycles. The molecule has 1 N–H and O–H groups in total. The van der Waals surface area contributed by atoms with E-state index in [1.54, 1.807) is 0 Å². The van der Waals surface area contributed by atoms with Crippen molar-refractivity contribution < 1.29 is 0 Å². The standard InChI is InChI=1S/C15H25N3S/c1-4-6-16-14-5-7-17-15(10-14)11-18-8-9-19-13(3)12(18)2/h5,7,10,12-13H,4,6,8-9,11H2,1-3H3,(H,16,17). The molecular formula is C15H25N3S. The Morgan fingerprint density at radius 3 is 3.11 bits per heavy atom. The molecule has 0 aromatic carbocycles. The first-order valence-electron chi connectivity index (χ1n) is 7.25. The molecule has 1 aromatic heterocycles. The van der Waals surface area contributed by atoms with E-state index in [-0.39, 0.29) is 0 Å². The lowest BCUT2D eigenvalue weighted by Gasteiger charge is -2.37. The second-order valence-electron chi connectivity index (χ2n) is 5.25. The van der Waals surface area contributed by atoms with E-state index in [2.05, 4.69) is 59.9 Å². The van der Waals surface area contributed by atoms with Crippen LogP contribution in [0.25, 0.3) is 0 Å². The summed E-state index contributed by atoms with van der Waals surface area (Å²) in [5.74, 6) is 1.24. The number of hydrogen-bond donors (Lipinski definition) is 1. The monoisotopic (exact) mass is 279 g/mol. The number of thioether (sulfide) groups is 1. The van der Waals surface area contributed by atoms with E-state index >= 15 is 0 Å². The Balaban J connectivity index is 1.98. The molecule has 1 aromatic rings. The molecule has 1 fully saturated rings. The van der Waals surface area contributed by atoms with Gasteiger partial charge in [-0.3, -0.25) is 9.88 Å². The number of hydrogen-bond acceptors (Lipinski definition) is 4. The van der Waals surface area contributed by atoms with E-state index in [0.717, 1.165) is 24.8 Å². The molecule has 19 heavy (non-hydrogen) atoms. The van der Waals surface area contributed by atoms with Gasteiger partial charge in [0.05, 0.1) is 5.69 Å². The third kappa shape index (κ3) is 4.11. The minimum absolute atomic E-state index is 0.632. The zero-order chi connectivity index (χ0) is 13.7. The van der Waals surface area contributed by atoms with Gasteiger partial charge in [-0.05, 0) is 25.5 Å². The number of pyridine rings is 1. The Morgan fingerprint density at radius 1 is 1.47 bits per heavy atom. The molecule has 0 radical (unpaired) electrons. The fourth-order valence-corrected chi connectivity index (χ4v) is 3.53. The molecule has 3 nitrogen and oxygen atoms in total. The third-order valence-corrected chi connectivity index (χ3v) is 5.11. The van der Waals surface area contributed by atoms with Crippen molar-refractivity contribution in [2.24, 2.45) is 0 Å². The highest BCUT2D eigenvalue weighted by Crippen LogP contribution is 2.25. The maximum Gasteiger partial charge on any atom is 0.0564 e. The van der Waals surface area contributed by atoms with Crippen LogP contribution in [0.1, 0.15) is 32.9 Å². The third-order valence-electron chi connectivity index (χ3n) is 3.78. The van der Waals surface area contributed by atoms with Crippen molar-refractivity contribution >= 4 is 17.4 Å². The highest BCUT2D eigenvalue weighted by molar-refractivity contribution is 8.00. The van der Waals surface area contributed by atoms with Crippen LogP contribution in [0.4, 0.5) is 5.69 Å². The maximum absolute atomic E-state index is 4.51. The van der Waals surface area contributed by atoms with E-state index < -0.39 is 0 Å². The van der Waals surface area contributed by atoms with Gasteiger partial charge in [0.15, 0.2) is 0 Å². The molecule has 4 heteroatoms. The Morgan fingerprint density at radius 2 is 2.32 bits per heavy atom. The van der Waals surface area contributed by atoms with E-state index in [1.165, 1.54) is 23.7 Å². The SMILES string of the molecule is CCCNc1ccnc(CN2CCSC(C)C2C)c1. The smallest absolute Gasteiger partial charge is 0.0564 e. The highest BCUT2D eigenvalue weighted by atomic mass is 32.2. The fourth-order valence-electron chi connectivity index (χ4n) is 2.37. The zero-order valence-corrected chi connectivity index (χ0v) is 13.0. The molecular weight excluding hydrogens is 254 g/mol.